The molecule has 1 unspecified atom stereocenters. The molecule has 2 atom stereocenters. The molecule has 0 saturated carbocycles. The number of rotatable bonds is 58. The fraction of sp³-hybridized carbons (Fsp3) is 0.713. The van der Waals surface area contributed by atoms with Gasteiger partial charge in [0.15, 0.2) is 11.8 Å². The average Bonchev–Trinajstić information content (AvgIpc) is 1.61. The van der Waals surface area contributed by atoms with Crippen molar-refractivity contribution in [2.75, 3.05) is 58.0 Å². The van der Waals surface area contributed by atoms with Crippen LogP contribution in [-0.4, -0.2) is 98.3 Å². The third-order valence-corrected chi connectivity index (χ3v) is 20.1. The van der Waals surface area contributed by atoms with Crippen LogP contribution < -0.4 is 21.7 Å². The molecule has 2 amide bonds. The molecule has 0 saturated heterocycles. The monoisotopic (exact) mass is 1370 g/mol. The molecule has 2 aliphatic rings. The van der Waals surface area contributed by atoms with Crippen LogP contribution in [0.25, 0.3) is 0 Å². The Balaban J connectivity index is 0.0000245. The summed E-state index contributed by atoms with van der Waals surface area (Å²) in [5, 5.41) is 5.28. The van der Waals surface area contributed by atoms with E-state index in [1.807, 2.05) is 0 Å². The lowest BCUT2D eigenvalue weighted by atomic mass is 9.81. The quantitative estimate of drug-likeness (QED) is 0.0121. The van der Waals surface area contributed by atoms with Crippen LogP contribution >= 0.6 is 7.82 Å². The molecule has 2 aromatic carbocycles. The molecule has 2 aliphatic heterocycles. The van der Waals surface area contributed by atoms with E-state index in [0.29, 0.717) is 25.7 Å². The number of para-hydroxylation sites is 2. The van der Waals surface area contributed by atoms with Gasteiger partial charge in [-0.2, -0.15) is 4.58 Å². The van der Waals surface area contributed by atoms with Gasteiger partial charge >= 0.3 is 25.9 Å². The van der Waals surface area contributed by atoms with Crippen LogP contribution in [0.5, 0.6) is 0 Å². The largest absolute Gasteiger partial charge is 0.472 e. The smallest absolute Gasteiger partial charge is 0.462 e. The zero-order valence-electron chi connectivity index (χ0n) is 61.9. The summed E-state index contributed by atoms with van der Waals surface area (Å²) >= 11 is 0. The molecule has 0 bridgehead atoms. The number of carbonyl (C=O) groups is 4. The fourth-order valence-electron chi connectivity index (χ4n) is 13.4. The summed E-state index contributed by atoms with van der Waals surface area (Å²) in [4.78, 5) is 63.9. The molecule has 0 aliphatic carbocycles. The van der Waals surface area contributed by atoms with E-state index in [-0.39, 0.29) is 62.0 Å². The van der Waals surface area contributed by atoms with E-state index in [4.69, 9.17) is 23.3 Å². The number of benzene rings is 2. The van der Waals surface area contributed by atoms with Crippen LogP contribution in [0, 0.1) is 0 Å². The van der Waals surface area contributed by atoms with Gasteiger partial charge in [-0.05, 0) is 57.2 Å². The van der Waals surface area contributed by atoms with Crippen LogP contribution in [0.4, 0.5) is 16.2 Å². The van der Waals surface area contributed by atoms with E-state index < -0.39 is 45.2 Å². The molecule has 16 nitrogen and oxygen atoms in total. The third kappa shape index (κ3) is 36.2. The predicted octanol–water partition coefficient (Wildman–Crippen LogP) is 20.7. The van der Waals surface area contributed by atoms with Crippen molar-refractivity contribution in [2.45, 2.75) is 315 Å². The molecular weight excluding hydrogens is 1240 g/mol. The first-order valence-corrected chi connectivity index (χ1v) is 39.8. The number of hydrogen-bond donors (Lipinski definition) is 4. The highest BCUT2D eigenvalue weighted by Crippen LogP contribution is 2.48. The minimum absolute atomic E-state index is 0. The van der Waals surface area contributed by atoms with E-state index >= 15 is 0 Å². The molecule has 0 spiro atoms. The van der Waals surface area contributed by atoms with Crippen molar-refractivity contribution >= 4 is 48.8 Å². The lowest BCUT2D eigenvalue weighted by molar-refractivity contribution is -0.401. The van der Waals surface area contributed by atoms with E-state index in [1.165, 1.54) is 201 Å². The van der Waals surface area contributed by atoms with Gasteiger partial charge in [0, 0.05) is 66.9 Å². The highest BCUT2D eigenvalue weighted by Gasteiger charge is 2.43. The maximum Gasteiger partial charge on any atom is 0.472 e. The van der Waals surface area contributed by atoms with Crippen molar-refractivity contribution in [3.05, 3.63) is 95.7 Å². The number of phosphoric ester groups is 1. The second-order valence-electron chi connectivity index (χ2n) is 28.1. The Kier molecular flexibility index (Phi) is 46.1. The maximum absolute atomic E-state index is 13.0. The van der Waals surface area contributed by atoms with Gasteiger partial charge in [0.25, 0.3) is 0 Å². The van der Waals surface area contributed by atoms with Gasteiger partial charge in [0.2, 0.25) is 11.6 Å². The first kappa shape index (κ1) is 86.1. The summed E-state index contributed by atoms with van der Waals surface area (Å²) in [5.41, 5.74) is 7.30. The average molecular weight is 1370 g/mol. The van der Waals surface area contributed by atoms with Crippen molar-refractivity contribution in [2.24, 2.45) is 0 Å². The van der Waals surface area contributed by atoms with Gasteiger partial charge in [-0.3, -0.25) is 23.4 Å². The molecule has 2 aromatic rings. The van der Waals surface area contributed by atoms with Gasteiger partial charge in [0.1, 0.15) is 20.3 Å². The summed E-state index contributed by atoms with van der Waals surface area (Å²) in [5.74, 6) is -1.05. The van der Waals surface area contributed by atoms with Gasteiger partial charge in [0.05, 0.1) is 25.2 Å². The number of anilines is 1. The number of carbonyl (C=O) groups excluding carboxylic acids is 4. The van der Waals surface area contributed by atoms with Crippen molar-refractivity contribution in [1.29, 1.82) is 0 Å². The zero-order valence-corrected chi connectivity index (χ0v) is 62.8. The molecule has 2 heterocycles. The summed E-state index contributed by atoms with van der Waals surface area (Å²) in [6.07, 6.45) is 54.2. The SMILES string of the molecule is CCCCCCCCCCCCCCCCCCCC(=O)OC[C@H](COP(=O)(O)OCCNC(=O)OCCNC(=O)CCCCCN1C(=CC=CC=CC2=[N+](C)c3ccccc3C2(C)C)C(C)(C)c2ccccc21)OC(=O)CCCCCCCCCCCCCCCCCCC.N. The molecule has 0 fully saturated rings. The molecule has 0 radical (unpaired) electrons. The Bertz CT molecular complexity index is 2670. The minimum Gasteiger partial charge on any atom is -0.462 e. The first-order chi connectivity index (χ1) is 46.5. The van der Waals surface area contributed by atoms with Gasteiger partial charge in [-0.1, -0.05) is 294 Å². The number of amides is 2. The Morgan fingerprint density at radius 1 is 0.526 bits per heavy atom. The highest BCUT2D eigenvalue weighted by molar-refractivity contribution is 7.47. The molecule has 97 heavy (non-hydrogen) atoms. The van der Waals surface area contributed by atoms with Crippen LogP contribution in [0.3, 0.4) is 0 Å². The summed E-state index contributed by atoms with van der Waals surface area (Å²) in [6, 6.07) is 17.2. The normalized spacial score (nSPS) is 15.2. The van der Waals surface area contributed by atoms with Crippen LogP contribution in [-0.2, 0) is 53.0 Å². The zero-order chi connectivity index (χ0) is 69.4. The Morgan fingerprint density at radius 2 is 0.990 bits per heavy atom. The number of nitrogens with one attached hydrogen (secondary N) is 2. The fourth-order valence-corrected chi connectivity index (χ4v) is 14.1. The minimum atomic E-state index is -4.68. The Hall–Kier alpha value is -5.12. The number of phosphoric acid groups is 1. The van der Waals surface area contributed by atoms with E-state index in [0.717, 1.165) is 57.9 Å². The summed E-state index contributed by atoms with van der Waals surface area (Å²) in [6.45, 7) is 13.1. The van der Waals surface area contributed by atoms with Crippen molar-refractivity contribution < 1.29 is 56.5 Å². The standard InChI is InChI=1S/C80H131N4O11P.H3N/c1-8-10-12-14-16-18-20-22-24-26-28-30-32-34-36-38-45-59-76(86)92-66-68(95-77(87)60-46-39-37-35-33-31-29-27-25-23-21-19-17-15-13-11-9-2)67-94-96(89,90)93-65-62-82-78(88)91-64-61-81-75(85)58-44-41-51-63-84-72-55-50-48-53-70(72)80(5,6)74(84)57-43-40-42-56-73-79(3,4)69-52-47-49-54-71(69)83(73)7;/h40,42-43,47-50,52-57,68H,8-39,41,44-46,51,58-67H2,1-7H3,(H2-,81,82,85,88,89,90);1H3/p+1/t68-;/m1./s1. The molecule has 0 aromatic heterocycles. The lowest BCUT2D eigenvalue weighted by Crippen LogP contribution is -2.32. The molecule has 550 valence electrons. The lowest BCUT2D eigenvalue weighted by Gasteiger charge is -2.27. The van der Waals surface area contributed by atoms with Gasteiger partial charge in [-0.25, -0.2) is 9.36 Å². The first-order valence-electron chi connectivity index (χ1n) is 38.3. The number of allylic oxidation sites excluding steroid dienone is 6. The van der Waals surface area contributed by atoms with E-state index in [1.54, 1.807) is 0 Å². The number of unbranched alkanes of at least 4 members (excludes halogenated alkanes) is 34. The maximum atomic E-state index is 13.0. The number of nitrogens with zero attached hydrogens (tertiary/aromatic N) is 2. The van der Waals surface area contributed by atoms with Crippen LogP contribution in [0.1, 0.15) is 310 Å². The van der Waals surface area contributed by atoms with E-state index in [2.05, 4.69) is 148 Å². The van der Waals surface area contributed by atoms with Crippen molar-refractivity contribution in [3.63, 3.8) is 0 Å². The Labute approximate surface area is 588 Å². The number of alkyl carbamates (subject to hydrolysis) is 1. The molecular formula is C80H135N5O11P+. The molecule has 4 rings (SSSR count). The number of esters is 2. The summed E-state index contributed by atoms with van der Waals surface area (Å²) in [7, 11) is -2.55. The van der Waals surface area contributed by atoms with Crippen molar-refractivity contribution in [3.8, 4) is 0 Å². The van der Waals surface area contributed by atoms with Crippen molar-refractivity contribution in [1.82, 2.24) is 16.8 Å². The van der Waals surface area contributed by atoms with E-state index in [9.17, 15) is 28.6 Å². The van der Waals surface area contributed by atoms with Crippen LogP contribution in [0.2, 0.25) is 0 Å². The Morgan fingerprint density at radius 3 is 1.53 bits per heavy atom. The highest BCUT2D eigenvalue weighted by atomic mass is 31.2. The third-order valence-electron chi connectivity index (χ3n) is 19.2. The summed E-state index contributed by atoms with van der Waals surface area (Å²) < 4.78 is 41.9. The topological polar surface area (TPSA) is 217 Å². The van der Waals surface area contributed by atoms with Crippen LogP contribution in [0.15, 0.2) is 84.6 Å². The van der Waals surface area contributed by atoms with Gasteiger partial charge in [-0.15, -0.1) is 0 Å². The van der Waals surface area contributed by atoms with Gasteiger partial charge < -0.3 is 40.8 Å². The predicted molar refractivity (Wildman–Crippen MR) is 399 cm³/mol. The number of hydrogen-bond acceptors (Lipinski definition) is 12. The molecule has 6 N–H and O–H groups in total. The number of fused-ring (bicyclic) bond motifs is 2. The second kappa shape index (κ2) is 51.9. The number of ether oxygens (including phenoxy) is 3. The second-order valence-corrected chi connectivity index (χ2v) is 29.6. The molecule has 17 heteroatoms.